The van der Waals surface area contributed by atoms with Gasteiger partial charge in [0.15, 0.2) is 23.0 Å². The quantitative estimate of drug-likeness (QED) is 0.230. The summed E-state index contributed by atoms with van der Waals surface area (Å²) in [7, 11) is 6.51. The van der Waals surface area contributed by atoms with Crippen LogP contribution >= 0.6 is 0 Å². The van der Waals surface area contributed by atoms with Gasteiger partial charge in [0, 0.05) is 0 Å². The van der Waals surface area contributed by atoms with E-state index < -0.39 is 0 Å². The van der Waals surface area contributed by atoms with Crippen LogP contribution in [-0.4, -0.2) is 40.6 Å². The van der Waals surface area contributed by atoms with E-state index in [2.05, 4.69) is 24.3 Å². The Morgan fingerprint density at radius 1 is 0.447 bits per heavy atom. The first-order valence-corrected chi connectivity index (χ1v) is 12.6. The molecule has 0 radical (unpaired) electrons. The lowest BCUT2D eigenvalue weighted by molar-refractivity contribution is 0.218. The molecule has 0 unspecified atom stereocenters. The van der Waals surface area contributed by atoms with E-state index in [-0.39, 0.29) is 12.2 Å². The van der Waals surface area contributed by atoms with Crippen LogP contribution in [0.2, 0.25) is 0 Å². The zero-order valence-electron chi connectivity index (χ0n) is 23.5. The van der Waals surface area contributed by atoms with Gasteiger partial charge in [0.2, 0.25) is 11.5 Å². The molecule has 0 bridgehead atoms. The molecule has 6 heteroatoms. The third kappa shape index (κ3) is 7.48. The SMILES string of the molecule is COc1cc(C=Cc2ccc(C=Cc3cc(OC)c(OC(C)C)c(OC)c3)cc2)cc(OC)c1OC(C)C. The van der Waals surface area contributed by atoms with Crippen LogP contribution in [0.4, 0.5) is 0 Å². The highest BCUT2D eigenvalue weighted by atomic mass is 16.5. The minimum atomic E-state index is 0.00840. The topological polar surface area (TPSA) is 55.4 Å². The Bertz CT molecular complexity index is 1110. The summed E-state index contributed by atoms with van der Waals surface area (Å²) in [4.78, 5) is 0. The fourth-order valence-corrected chi connectivity index (χ4v) is 3.80. The minimum absolute atomic E-state index is 0.00840. The molecular formula is C32H38O6. The molecule has 0 amide bonds. The van der Waals surface area contributed by atoms with Gasteiger partial charge in [-0.15, -0.1) is 0 Å². The summed E-state index contributed by atoms with van der Waals surface area (Å²) in [5, 5.41) is 0. The molecule has 0 saturated carbocycles. The van der Waals surface area contributed by atoms with Gasteiger partial charge in [-0.3, -0.25) is 0 Å². The molecule has 0 aliphatic heterocycles. The summed E-state index contributed by atoms with van der Waals surface area (Å²) >= 11 is 0. The summed E-state index contributed by atoms with van der Waals surface area (Å²) in [5.74, 6) is 3.75. The van der Waals surface area contributed by atoms with E-state index in [1.165, 1.54) is 0 Å². The van der Waals surface area contributed by atoms with Crippen molar-refractivity contribution in [1.29, 1.82) is 0 Å². The maximum atomic E-state index is 5.89. The van der Waals surface area contributed by atoms with Gasteiger partial charge in [0.1, 0.15) is 0 Å². The summed E-state index contributed by atoms with van der Waals surface area (Å²) < 4.78 is 34.0. The molecule has 3 rings (SSSR count). The molecule has 202 valence electrons. The Hall–Kier alpha value is -4.06. The molecule has 0 atom stereocenters. The molecule has 0 heterocycles. The number of rotatable bonds is 12. The molecule has 3 aromatic rings. The summed E-state index contributed by atoms with van der Waals surface area (Å²) in [6, 6.07) is 16.0. The molecule has 0 spiro atoms. The van der Waals surface area contributed by atoms with Gasteiger partial charge in [0.25, 0.3) is 0 Å². The van der Waals surface area contributed by atoms with Crippen LogP contribution in [0.1, 0.15) is 49.9 Å². The van der Waals surface area contributed by atoms with E-state index in [9.17, 15) is 0 Å². The van der Waals surface area contributed by atoms with Gasteiger partial charge in [-0.25, -0.2) is 0 Å². The molecule has 0 saturated heterocycles. The van der Waals surface area contributed by atoms with E-state index in [1.807, 2.05) is 76.3 Å². The van der Waals surface area contributed by atoms with Gasteiger partial charge in [-0.2, -0.15) is 0 Å². The van der Waals surface area contributed by atoms with Crippen molar-refractivity contribution in [2.75, 3.05) is 28.4 Å². The predicted octanol–water partition coefficient (Wildman–Crippen LogP) is 7.64. The van der Waals surface area contributed by atoms with Crippen molar-refractivity contribution in [2.45, 2.75) is 39.9 Å². The Morgan fingerprint density at radius 2 is 0.711 bits per heavy atom. The number of benzene rings is 3. The molecule has 0 N–H and O–H groups in total. The number of methoxy groups -OCH3 is 4. The predicted molar refractivity (Wildman–Crippen MR) is 155 cm³/mol. The fourth-order valence-electron chi connectivity index (χ4n) is 3.80. The molecule has 3 aromatic carbocycles. The van der Waals surface area contributed by atoms with Crippen molar-refractivity contribution in [3.63, 3.8) is 0 Å². The lowest BCUT2D eigenvalue weighted by Crippen LogP contribution is -2.08. The number of hydrogen-bond donors (Lipinski definition) is 0. The first-order valence-electron chi connectivity index (χ1n) is 12.6. The summed E-state index contributed by atoms with van der Waals surface area (Å²) in [6.07, 6.45) is 8.16. The highest BCUT2D eigenvalue weighted by molar-refractivity contribution is 5.75. The first-order chi connectivity index (χ1) is 18.3. The van der Waals surface area contributed by atoms with Gasteiger partial charge >= 0.3 is 0 Å². The largest absolute Gasteiger partial charge is 0.493 e. The third-order valence-corrected chi connectivity index (χ3v) is 5.55. The second-order valence-corrected chi connectivity index (χ2v) is 9.18. The minimum Gasteiger partial charge on any atom is -0.493 e. The average Bonchev–Trinajstić information content (AvgIpc) is 2.91. The van der Waals surface area contributed by atoms with E-state index in [0.29, 0.717) is 34.5 Å². The molecule has 0 aromatic heterocycles. The molecule has 0 aliphatic rings. The fraction of sp³-hybridized carbons (Fsp3) is 0.312. The van der Waals surface area contributed by atoms with Gasteiger partial charge in [0.05, 0.1) is 40.6 Å². The van der Waals surface area contributed by atoms with E-state index in [0.717, 1.165) is 22.3 Å². The van der Waals surface area contributed by atoms with Crippen molar-refractivity contribution in [3.05, 3.63) is 70.8 Å². The van der Waals surface area contributed by atoms with Crippen LogP contribution in [-0.2, 0) is 0 Å². The zero-order valence-corrected chi connectivity index (χ0v) is 23.5. The van der Waals surface area contributed by atoms with Crippen LogP contribution in [0.5, 0.6) is 34.5 Å². The molecule has 0 fully saturated rings. The highest BCUT2D eigenvalue weighted by Gasteiger charge is 2.16. The van der Waals surface area contributed by atoms with Crippen LogP contribution in [0.25, 0.3) is 24.3 Å². The second-order valence-electron chi connectivity index (χ2n) is 9.18. The van der Waals surface area contributed by atoms with Crippen LogP contribution in [0, 0.1) is 0 Å². The smallest absolute Gasteiger partial charge is 0.203 e. The molecule has 6 nitrogen and oxygen atoms in total. The molecule has 38 heavy (non-hydrogen) atoms. The van der Waals surface area contributed by atoms with E-state index >= 15 is 0 Å². The second kappa shape index (κ2) is 13.5. The third-order valence-electron chi connectivity index (χ3n) is 5.55. The van der Waals surface area contributed by atoms with E-state index in [1.54, 1.807) is 28.4 Å². The van der Waals surface area contributed by atoms with Crippen LogP contribution < -0.4 is 28.4 Å². The van der Waals surface area contributed by atoms with Crippen molar-refractivity contribution >= 4 is 24.3 Å². The average molecular weight is 519 g/mol. The number of ether oxygens (including phenoxy) is 6. The highest BCUT2D eigenvalue weighted by Crippen LogP contribution is 2.40. The Balaban J connectivity index is 1.78. The molecular weight excluding hydrogens is 480 g/mol. The van der Waals surface area contributed by atoms with Gasteiger partial charge in [-0.1, -0.05) is 48.6 Å². The van der Waals surface area contributed by atoms with Gasteiger partial charge in [-0.05, 0) is 74.2 Å². The standard InChI is InChI=1S/C32H38O6/c1-21(2)37-31-27(33-5)17-25(18-28(31)34-6)15-13-23-9-11-24(12-10-23)14-16-26-19-29(35-7)32(38-22(3)4)30(20-26)36-8/h9-22H,1-8H3. The van der Waals surface area contributed by atoms with Crippen molar-refractivity contribution in [3.8, 4) is 34.5 Å². The first kappa shape index (κ1) is 28.5. The summed E-state index contributed by atoms with van der Waals surface area (Å²) in [5.41, 5.74) is 4.04. The Morgan fingerprint density at radius 3 is 0.947 bits per heavy atom. The van der Waals surface area contributed by atoms with Gasteiger partial charge < -0.3 is 28.4 Å². The maximum Gasteiger partial charge on any atom is 0.203 e. The molecule has 0 aliphatic carbocycles. The van der Waals surface area contributed by atoms with Crippen LogP contribution in [0.3, 0.4) is 0 Å². The Labute approximate surface area is 226 Å². The lowest BCUT2D eigenvalue weighted by Gasteiger charge is -2.17. The van der Waals surface area contributed by atoms with Crippen molar-refractivity contribution in [1.82, 2.24) is 0 Å². The monoisotopic (exact) mass is 518 g/mol. The Kier molecular flexibility index (Phi) is 10.1. The zero-order chi connectivity index (χ0) is 27.7. The summed E-state index contributed by atoms with van der Waals surface area (Å²) in [6.45, 7) is 7.88. The maximum absolute atomic E-state index is 5.89. The lowest BCUT2D eigenvalue weighted by atomic mass is 10.1. The normalized spacial score (nSPS) is 11.4. The van der Waals surface area contributed by atoms with Crippen molar-refractivity contribution < 1.29 is 28.4 Å². The van der Waals surface area contributed by atoms with Crippen LogP contribution in [0.15, 0.2) is 48.5 Å². The number of hydrogen-bond acceptors (Lipinski definition) is 6. The van der Waals surface area contributed by atoms with Crippen molar-refractivity contribution in [2.24, 2.45) is 0 Å². The van der Waals surface area contributed by atoms with E-state index in [4.69, 9.17) is 28.4 Å².